The monoisotopic (exact) mass is 437 g/mol. The second kappa shape index (κ2) is 9.16. The highest BCUT2D eigenvalue weighted by Gasteiger charge is 2.24. The molecule has 158 valence electrons. The van der Waals surface area contributed by atoms with Crippen molar-refractivity contribution in [3.05, 3.63) is 64.4 Å². The first-order chi connectivity index (χ1) is 15.1. The predicted molar refractivity (Wildman–Crippen MR) is 114 cm³/mol. The molecule has 2 aromatic carbocycles. The molecule has 0 unspecified atom stereocenters. The summed E-state index contributed by atoms with van der Waals surface area (Å²) in [4.78, 5) is 21.2. The first kappa shape index (κ1) is 20.8. The largest absolute Gasteiger partial charge is 0.495 e. The van der Waals surface area contributed by atoms with Crippen LogP contribution in [0.15, 0.2) is 47.0 Å². The van der Waals surface area contributed by atoms with Crippen molar-refractivity contribution in [1.82, 2.24) is 19.9 Å². The summed E-state index contributed by atoms with van der Waals surface area (Å²) in [5.41, 5.74) is 1.60. The fourth-order valence-corrected chi connectivity index (χ4v) is 3.67. The van der Waals surface area contributed by atoms with Crippen LogP contribution in [0.1, 0.15) is 21.7 Å². The Bertz CT molecular complexity index is 1130. The smallest absolute Gasteiger partial charge is 0.258 e. The van der Waals surface area contributed by atoms with Gasteiger partial charge in [0, 0.05) is 42.3 Å². The molecule has 0 radical (unpaired) electrons. The summed E-state index contributed by atoms with van der Waals surface area (Å²) in [7, 11) is 1.50. The molecular formula is C22H20ClN5O3. The van der Waals surface area contributed by atoms with E-state index in [0.29, 0.717) is 66.3 Å². The average Bonchev–Trinajstić information content (AvgIpc) is 3.27. The Morgan fingerprint density at radius 3 is 2.74 bits per heavy atom. The van der Waals surface area contributed by atoms with Gasteiger partial charge < -0.3 is 14.2 Å². The summed E-state index contributed by atoms with van der Waals surface area (Å²) >= 11 is 6.02. The van der Waals surface area contributed by atoms with Crippen molar-refractivity contribution < 1.29 is 14.1 Å². The highest BCUT2D eigenvalue weighted by Crippen LogP contribution is 2.22. The molecule has 1 amide bonds. The maximum absolute atomic E-state index is 12.8. The van der Waals surface area contributed by atoms with E-state index in [2.05, 4.69) is 21.1 Å². The molecule has 0 bridgehead atoms. The quantitative estimate of drug-likeness (QED) is 0.604. The van der Waals surface area contributed by atoms with E-state index in [-0.39, 0.29) is 5.91 Å². The second-order valence-electron chi connectivity index (χ2n) is 7.12. The summed E-state index contributed by atoms with van der Waals surface area (Å²) in [5.74, 6) is 1.38. The third-order valence-electron chi connectivity index (χ3n) is 5.13. The normalized spacial score (nSPS) is 14.3. The number of methoxy groups -OCH3 is 1. The van der Waals surface area contributed by atoms with Gasteiger partial charge in [0.05, 0.1) is 19.2 Å². The van der Waals surface area contributed by atoms with E-state index < -0.39 is 0 Å². The van der Waals surface area contributed by atoms with E-state index in [1.807, 2.05) is 12.1 Å². The third-order valence-corrected chi connectivity index (χ3v) is 5.37. The summed E-state index contributed by atoms with van der Waals surface area (Å²) in [6.07, 6.45) is 0. The molecule has 0 spiro atoms. The molecule has 2 heterocycles. The number of amides is 1. The van der Waals surface area contributed by atoms with Gasteiger partial charge in [-0.2, -0.15) is 10.2 Å². The molecule has 0 atom stereocenters. The number of halogens is 1. The lowest BCUT2D eigenvalue weighted by Gasteiger charge is -2.34. The number of rotatable bonds is 5. The molecular weight excluding hydrogens is 418 g/mol. The first-order valence-corrected chi connectivity index (χ1v) is 10.1. The Labute approximate surface area is 184 Å². The second-order valence-corrected chi connectivity index (χ2v) is 7.56. The molecule has 0 aliphatic carbocycles. The van der Waals surface area contributed by atoms with E-state index in [1.54, 1.807) is 35.2 Å². The molecule has 8 nitrogen and oxygen atoms in total. The van der Waals surface area contributed by atoms with Crippen LogP contribution in [0.2, 0.25) is 5.02 Å². The zero-order valence-corrected chi connectivity index (χ0v) is 17.7. The zero-order valence-electron chi connectivity index (χ0n) is 16.9. The molecule has 3 aromatic rings. The van der Waals surface area contributed by atoms with Gasteiger partial charge in [-0.3, -0.25) is 9.69 Å². The molecule has 1 saturated heterocycles. The van der Waals surface area contributed by atoms with Gasteiger partial charge in [-0.15, -0.1) is 0 Å². The lowest BCUT2D eigenvalue weighted by Crippen LogP contribution is -2.48. The van der Waals surface area contributed by atoms with Crippen LogP contribution in [0.5, 0.6) is 5.75 Å². The molecule has 4 rings (SSSR count). The van der Waals surface area contributed by atoms with Crippen LogP contribution in [0.4, 0.5) is 0 Å². The number of ether oxygens (including phenoxy) is 1. The number of hydrogen-bond acceptors (Lipinski definition) is 7. The number of nitrogens with zero attached hydrogens (tertiary/aromatic N) is 5. The van der Waals surface area contributed by atoms with E-state index in [0.717, 1.165) is 5.56 Å². The van der Waals surface area contributed by atoms with Crippen molar-refractivity contribution in [2.45, 2.75) is 6.54 Å². The number of piperazine rings is 1. The van der Waals surface area contributed by atoms with Crippen LogP contribution >= 0.6 is 11.6 Å². The summed E-state index contributed by atoms with van der Waals surface area (Å²) in [5, 5.41) is 13.9. The fraction of sp³-hybridized carbons (Fsp3) is 0.273. The summed E-state index contributed by atoms with van der Waals surface area (Å²) in [6.45, 7) is 3.06. The van der Waals surface area contributed by atoms with Crippen LogP contribution in [0.3, 0.4) is 0 Å². The van der Waals surface area contributed by atoms with Crippen LogP contribution in [-0.4, -0.2) is 59.1 Å². The Morgan fingerprint density at radius 2 is 2.03 bits per heavy atom. The van der Waals surface area contributed by atoms with Gasteiger partial charge in [-0.1, -0.05) is 22.8 Å². The van der Waals surface area contributed by atoms with Crippen LogP contribution in [-0.2, 0) is 6.54 Å². The third kappa shape index (κ3) is 4.68. The number of carbonyl (C=O) groups is 1. The minimum atomic E-state index is -0.0957. The van der Waals surface area contributed by atoms with Gasteiger partial charge in [0.2, 0.25) is 0 Å². The van der Waals surface area contributed by atoms with E-state index in [1.165, 1.54) is 7.11 Å². The topological polar surface area (TPSA) is 95.5 Å². The Hall–Kier alpha value is -3.41. The highest BCUT2D eigenvalue weighted by atomic mass is 35.5. The Balaban J connectivity index is 1.35. The van der Waals surface area contributed by atoms with Gasteiger partial charge in [0.1, 0.15) is 11.8 Å². The first-order valence-electron chi connectivity index (χ1n) is 9.75. The minimum absolute atomic E-state index is 0.0957. The zero-order chi connectivity index (χ0) is 21.8. The SMILES string of the molecule is COc1ccc(C(=O)N2CCN(Cc3noc(-c4cccc(Cl)c4)n3)CC2)cc1C#N. The van der Waals surface area contributed by atoms with Crippen LogP contribution in [0.25, 0.3) is 11.5 Å². The minimum Gasteiger partial charge on any atom is -0.495 e. The molecule has 0 saturated carbocycles. The van der Waals surface area contributed by atoms with Gasteiger partial charge in [-0.25, -0.2) is 0 Å². The summed E-state index contributed by atoms with van der Waals surface area (Å²) < 4.78 is 10.5. The molecule has 1 aromatic heterocycles. The van der Waals surface area contributed by atoms with Crippen molar-refractivity contribution >= 4 is 17.5 Å². The fourth-order valence-electron chi connectivity index (χ4n) is 3.48. The maximum atomic E-state index is 12.8. The van der Waals surface area contributed by atoms with Crippen LogP contribution < -0.4 is 4.74 Å². The van der Waals surface area contributed by atoms with Crippen molar-refractivity contribution in [3.8, 4) is 23.3 Å². The van der Waals surface area contributed by atoms with Crippen molar-refractivity contribution in [2.75, 3.05) is 33.3 Å². The number of aromatic nitrogens is 2. The standard InChI is InChI=1S/C22H20ClN5O3/c1-30-19-6-5-16(11-17(19)13-24)22(29)28-9-7-27(8-10-28)14-20-25-21(31-26-20)15-3-2-4-18(23)12-15/h2-6,11-12H,7-10,14H2,1H3. The van der Waals surface area contributed by atoms with Gasteiger partial charge in [-0.05, 0) is 36.4 Å². The molecule has 1 fully saturated rings. The lowest BCUT2D eigenvalue weighted by atomic mass is 10.1. The number of hydrogen-bond donors (Lipinski definition) is 0. The summed E-state index contributed by atoms with van der Waals surface area (Å²) in [6, 6.07) is 14.2. The molecule has 31 heavy (non-hydrogen) atoms. The van der Waals surface area contributed by atoms with Gasteiger partial charge >= 0.3 is 0 Å². The highest BCUT2D eigenvalue weighted by molar-refractivity contribution is 6.30. The molecule has 9 heteroatoms. The molecule has 0 N–H and O–H groups in total. The van der Waals surface area contributed by atoms with E-state index in [4.69, 9.17) is 20.9 Å². The lowest BCUT2D eigenvalue weighted by molar-refractivity contribution is 0.0624. The van der Waals surface area contributed by atoms with Gasteiger partial charge in [0.15, 0.2) is 5.82 Å². The Morgan fingerprint density at radius 1 is 1.23 bits per heavy atom. The maximum Gasteiger partial charge on any atom is 0.258 e. The molecule has 1 aliphatic heterocycles. The van der Waals surface area contributed by atoms with Crippen LogP contribution in [0, 0.1) is 11.3 Å². The molecule has 1 aliphatic rings. The number of benzene rings is 2. The number of nitriles is 1. The Kier molecular flexibility index (Phi) is 6.16. The van der Waals surface area contributed by atoms with Crippen molar-refractivity contribution in [3.63, 3.8) is 0 Å². The predicted octanol–water partition coefficient (Wildman–Crippen LogP) is 3.23. The number of carbonyl (C=O) groups excluding carboxylic acids is 1. The van der Waals surface area contributed by atoms with E-state index >= 15 is 0 Å². The average molecular weight is 438 g/mol. The van der Waals surface area contributed by atoms with Gasteiger partial charge in [0.25, 0.3) is 11.8 Å². The van der Waals surface area contributed by atoms with Crippen molar-refractivity contribution in [2.24, 2.45) is 0 Å². The van der Waals surface area contributed by atoms with Crippen molar-refractivity contribution in [1.29, 1.82) is 5.26 Å². The van der Waals surface area contributed by atoms with E-state index in [9.17, 15) is 10.1 Å².